The first kappa shape index (κ1) is 17.2. The molecule has 5 nitrogen and oxygen atoms in total. The van der Waals surface area contributed by atoms with Gasteiger partial charge >= 0.3 is 0 Å². The zero-order valence-corrected chi connectivity index (χ0v) is 14.4. The van der Waals surface area contributed by atoms with Gasteiger partial charge in [-0.15, -0.1) is 0 Å². The molecule has 0 atom stereocenters. The Hall–Kier alpha value is -2.66. The smallest absolute Gasteiger partial charge is 0.259 e. The summed E-state index contributed by atoms with van der Waals surface area (Å²) in [4.78, 5) is 13.5. The highest BCUT2D eigenvalue weighted by Crippen LogP contribution is 2.03. The number of carbonyl (C=O) groups excluding carboxylic acids is 1. The highest BCUT2D eigenvalue weighted by Gasteiger charge is 2.18. The van der Waals surface area contributed by atoms with E-state index in [1.54, 1.807) is 4.90 Å². The molecule has 1 aliphatic rings. The fourth-order valence-electron chi connectivity index (χ4n) is 2.98. The minimum atomic E-state index is -0.115. The predicted octanol–water partition coefficient (Wildman–Crippen LogP) is 1.45. The van der Waals surface area contributed by atoms with Crippen LogP contribution in [0.3, 0.4) is 0 Å². The first-order chi connectivity index (χ1) is 12.3. The topological polar surface area (TPSA) is 57.9 Å². The molecule has 1 amide bonds. The van der Waals surface area contributed by atoms with Gasteiger partial charge in [0, 0.05) is 29.8 Å². The molecule has 0 spiro atoms. The molecule has 2 aromatic rings. The third kappa shape index (κ3) is 5.72. The van der Waals surface area contributed by atoms with Crippen molar-refractivity contribution in [2.75, 3.05) is 25.0 Å². The Balaban J connectivity index is 1.38. The molecule has 0 saturated carbocycles. The summed E-state index contributed by atoms with van der Waals surface area (Å²) >= 11 is 0. The van der Waals surface area contributed by atoms with Crippen LogP contribution in [0.25, 0.3) is 0 Å². The highest BCUT2D eigenvalue weighted by atomic mass is 16.2. The van der Waals surface area contributed by atoms with Crippen LogP contribution >= 0.6 is 0 Å². The van der Waals surface area contributed by atoms with E-state index in [-0.39, 0.29) is 12.5 Å². The second-order valence-corrected chi connectivity index (χ2v) is 6.34. The molecule has 1 heterocycles. The van der Waals surface area contributed by atoms with E-state index in [4.69, 9.17) is 0 Å². The molecule has 0 radical (unpaired) electrons. The minimum Gasteiger partial charge on any atom is -0.376 e. The first-order valence-electron chi connectivity index (χ1n) is 8.80. The Morgan fingerprint density at radius 1 is 0.960 bits per heavy atom. The van der Waals surface area contributed by atoms with E-state index in [9.17, 15) is 4.79 Å². The fourth-order valence-corrected chi connectivity index (χ4v) is 2.98. The van der Waals surface area contributed by atoms with E-state index < -0.39 is 0 Å². The molecule has 3 N–H and O–H groups in total. The van der Waals surface area contributed by atoms with Crippen LogP contribution in [0.1, 0.15) is 18.4 Å². The standard InChI is InChI=1S/C20H24N4O/c25-20(15-21-18-9-5-2-6-10-18)23-22-19-11-13-24(14-12-19)16-17-7-3-1-4-8-17/h1-10,21H,11-16H2,(H,23,25)/p+1. The number of anilines is 1. The maximum absolute atomic E-state index is 11.9. The van der Waals surface area contributed by atoms with E-state index in [2.05, 4.69) is 46.2 Å². The molecule has 5 heteroatoms. The van der Waals surface area contributed by atoms with Gasteiger partial charge in [0.05, 0.1) is 19.6 Å². The Morgan fingerprint density at radius 3 is 2.28 bits per heavy atom. The zero-order chi connectivity index (χ0) is 17.3. The largest absolute Gasteiger partial charge is 0.376 e. The predicted molar refractivity (Wildman–Crippen MR) is 101 cm³/mol. The van der Waals surface area contributed by atoms with E-state index >= 15 is 0 Å². The van der Waals surface area contributed by atoms with Crippen LogP contribution in [-0.2, 0) is 11.3 Å². The lowest BCUT2D eigenvalue weighted by atomic mass is 10.1. The molecular weight excluding hydrogens is 312 g/mol. The van der Waals surface area contributed by atoms with Gasteiger partial charge < -0.3 is 10.2 Å². The van der Waals surface area contributed by atoms with Crippen LogP contribution in [0.4, 0.5) is 5.69 Å². The number of para-hydroxylation sites is 1. The van der Waals surface area contributed by atoms with Crippen molar-refractivity contribution < 1.29 is 9.69 Å². The molecule has 3 rings (SSSR count). The summed E-state index contributed by atoms with van der Waals surface area (Å²) in [5, 5.41) is 7.38. The summed E-state index contributed by atoms with van der Waals surface area (Å²) in [5.41, 5.74) is 6.06. The van der Waals surface area contributed by atoms with Gasteiger partial charge in [-0.25, -0.2) is 5.43 Å². The van der Waals surface area contributed by atoms with Crippen molar-refractivity contribution in [3.63, 3.8) is 0 Å². The number of benzene rings is 2. The van der Waals surface area contributed by atoms with Gasteiger partial charge in [-0.05, 0) is 12.1 Å². The number of rotatable bonds is 6. The number of nitrogens with zero attached hydrogens (tertiary/aromatic N) is 1. The molecular formula is C20H25N4O+. The highest BCUT2D eigenvalue weighted by molar-refractivity contribution is 5.87. The van der Waals surface area contributed by atoms with Crippen molar-refractivity contribution >= 4 is 17.3 Å². The average molecular weight is 337 g/mol. The number of hydrazone groups is 1. The van der Waals surface area contributed by atoms with Gasteiger partial charge in [-0.1, -0.05) is 48.5 Å². The molecule has 0 bridgehead atoms. The van der Waals surface area contributed by atoms with Crippen LogP contribution in [-0.4, -0.2) is 31.3 Å². The van der Waals surface area contributed by atoms with E-state index in [0.29, 0.717) is 0 Å². The Morgan fingerprint density at radius 2 is 1.60 bits per heavy atom. The Kier molecular flexibility index (Phi) is 6.17. The van der Waals surface area contributed by atoms with E-state index in [1.165, 1.54) is 5.56 Å². The number of carbonyl (C=O) groups is 1. The Labute approximate surface area is 148 Å². The quantitative estimate of drug-likeness (QED) is 0.699. The molecule has 0 aromatic heterocycles. The van der Waals surface area contributed by atoms with Gasteiger partial charge in [-0.2, -0.15) is 5.10 Å². The van der Waals surface area contributed by atoms with Crippen LogP contribution in [0.15, 0.2) is 65.8 Å². The average Bonchev–Trinajstić information content (AvgIpc) is 2.67. The molecule has 0 aliphatic carbocycles. The summed E-state index contributed by atoms with van der Waals surface area (Å²) in [6.07, 6.45) is 1.88. The molecule has 1 aliphatic heterocycles. The number of piperidine rings is 1. The summed E-state index contributed by atoms with van der Waals surface area (Å²) in [7, 11) is 0. The third-order valence-corrected chi connectivity index (χ3v) is 4.40. The van der Waals surface area contributed by atoms with Gasteiger partial charge in [-0.3, -0.25) is 4.79 Å². The number of hydrogen-bond donors (Lipinski definition) is 3. The monoisotopic (exact) mass is 337 g/mol. The summed E-state index contributed by atoms with van der Waals surface area (Å²) in [5.74, 6) is -0.115. The molecule has 130 valence electrons. The lowest BCUT2D eigenvalue weighted by Crippen LogP contribution is -3.11. The number of hydrogen-bond acceptors (Lipinski definition) is 3. The van der Waals surface area contributed by atoms with Crippen molar-refractivity contribution in [2.45, 2.75) is 19.4 Å². The van der Waals surface area contributed by atoms with E-state index in [0.717, 1.165) is 43.9 Å². The van der Waals surface area contributed by atoms with Gasteiger partial charge in [0.1, 0.15) is 6.54 Å². The lowest BCUT2D eigenvalue weighted by Gasteiger charge is -2.24. The van der Waals surface area contributed by atoms with Gasteiger partial charge in [0.2, 0.25) is 0 Å². The Bertz CT molecular complexity index is 690. The number of quaternary nitrogens is 1. The molecule has 2 aromatic carbocycles. The van der Waals surface area contributed by atoms with Crippen molar-refractivity contribution in [1.82, 2.24) is 5.43 Å². The lowest BCUT2D eigenvalue weighted by molar-refractivity contribution is -0.914. The molecule has 25 heavy (non-hydrogen) atoms. The first-order valence-corrected chi connectivity index (χ1v) is 8.80. The number of amides is 1. The molecule has 0 unspecified atom stereocenters. The van der Waals surface area contributed by atoms with Crippen molar-refractivity contribution in [1.29, 1.82) is 0 Å². The third-order valence-electron chi connectivity index (χ3n) is 4.40. The maximum atomic E-state index is 11.9. The van der Waals surface area contributed by atoms with Crippen molar-refractivity contribution in [3.8, 4) is 0 Å². The van der Waals surface area contributed by atoms with Gasteiger partial charge in [0.25, 0.3) is 5.91 Å². The van der Waals surface area contributed by atoms with Crippen molar-refractivity contribution in [3.05, 3.63) is 66.2 Å². The zero-order valence-electron chi connectivity index (χ0n) is 14.4. The number of nitrogens with one attached hydrogen (secondary N) is 3. The summed E-state index contributed by atoms with van der Waals surface area (Å²) in [6, 6.07) is 20.3. The second-order valence-electron chi connectivity index (χ2n) is 6.34. The van der Waals surface area contributed by atoms with E-state index in [1.807, 2.05) is 30.3 Å². The maximum Gasteiger partial charge on any atom is 0.259 e. The summed E-state index contributed by atoms with van der Waals surface area (Å²) < 4.78 is 0. The van der Waals surface area contributed by atoms with Crippen LogP contribution in [0.2, 0.25) is 0 Å². The van der Waals surface area contributed by atoms with Crippen molar-refractivity contribution in [2.24, 2.45) is 5.10 Å². The second kappa shape index (κ2) is 8.99. The van der Waals surface area contributed by atoms with Crippen LogP contribution in [0, 0.1) is 0 Å². The summed E-state index contributed by atoms with van der Waals surface area (Å²) in [6.45, 7) is 3.41. The van der Waals surface area contributed by atoms with Crippen LogP contribution in [0.5, 0.6) is 0 Å². The van der Waals surface area contributed by atoms with Crippen LogP contribution < -0.4 is 15.6 Å². The number of likely N-dealkylation sites (tertiary alicyclic amines) is 1. The fraction of sp³-hybridized carbons (Fsp3) is 0.300. The van der Waals surface area contributed by atoms with Gasteiger partial charge in [0.15, 0.2) is 0 Å². The molecule has 1 fully saturated rings. The minimum absolute atomic E-state index is 0.115. The molecule has 1 saturated heterocycles. The normalized spacial score (nSPS) is 17.0. The SMILES string of the molecule is O=C(CNc1ccccc1)NN=C1CC[NH+](Cc2ccccc2)CC1.